The predicted octanol–water partition coefficient (Wildman–Crippen LogP) is 1.24. The first-order chi connectivity index (χ1) is 7.77. The summed E-state index contributed by atoms with van der Waals surface area (Å²) in [6, 6.07) is 0.517. The number of rotatable bonds is 5. The first-order valence-electron chi connectivity index (χ1n) is 5.33. The summed E-state index contributed by atoms with van der Waals surface area (Å²) in [6.07, 6.45) is 3.88. The van der Waals surface area contributed by atoms with E-state index in [1.54, 1.807) is 6.33 Å². The molecule has 1 fully saturated rings. The Morgan fingerprint density at radius 3 is 2.88 bits per heavy atom. The lowest BCUT2D eigenvalue weighted by molar-refractivity contribution is 0.301. The number of aromatic nitrogens is 2. The van der Waals surface area contributed by atoms with Crippen LogP contribution in [-0.2, 0) is 0 Å². The van der Waals surface area contributed by atoms with Crippen LogP contribution in [0.4, 0.5) is 11.6 Å². The van der Waals surface area contributed by atoms with Crippen molar-refractivity contribution in [1.29, 1.82) is 0 Å². The van der Waals surface area contributed by atoms with Crippen molar-refractivity contribution in [3.8, 4) is 0 Å². The second kappa shape index (κ2) is 4.97. The summed E-state index contributed by atoms with van der Waals surface area (Å²) in [6.45, 7) is 0.755. The molecule has 88 valence electrons. The third kappa shape index (κ3) is 2.27. The van der Waals surface area contributed by atoms with Crippen LogP contribution in [0.1, 0.15) is 12.8 Å². The fourth-order valence-electron chi connectivity index (χ4n) is 1.69. The van der Waals surface area contributed by atoms with Crippen molar-refractivity contribution in [3.63, 3.8) is 0 Å². The number of halogens is 1. The standard InChI is InChI=1S/C10H15BrN4O/c1-12-9-8(11)10(14-6-13-9)15(4-5-16)7-2-3-7/h6-7,16H,2-5H2,1H3,(H,12,13,14). The van der Waals surface area contributed by atoms with Gasteiger partial charge in [-0.3, -0.25) is 0 Å². The molecule has 2 N–H and O–H groups in total. The minimum atomic E-state index is 0.141. The first-order valence-corrected chi connectivity index (χ1v) is 6.13. The van der Waals surface area contributed by atoms with Crippen LogP contribution in [0.25, 0.3) is 0 Å². The Morgan fingerprint density at radius 2 is 2.31 bits per heavy atom. The highest BCUT2D eigenvalue weighted by Gasteiger charge is 2.31. The van der Waals surface area contributed by atoms with Crippen LogP contribution in [0.2, 0.25) is 0 Å². The average Bonchev–Trinajstić information content (AvgIpc) is 3.11. The van der Waals surface area contributed by atoms with E-state index in [2.05, 4.69) is 36.1 Å². The van der Waals surface area contributed by atoms with Gasteiger partial charge in [0.25, 0.3) is 0 Å². The molecule has 1 aromatic rings. The summed E-state index contributed by atoms with van der Waals surface area (Å²) < 4.78 is 0.859. The fourth-order valence-corrected chi connectivity index (χ4v) is 2.32. The summed E-state index contributed by atoms with van der Waals surface area (Å²) in [5, 5.41) is 12.1. The molecule has 0 bridgehead atoms. The van der Waals surface area contributed by atoms with Gasteiger partial charge in [0.2, 0.25) is 0 Å². The van der Waals surface area contributed by atoms with Crippen molar-refractivity contribution in [2.45, 2.75) is 18.9 Å². The molecule has 0 amide bonds. The zero-order valence-electron chi connectivity index (χ0n) is 9.15. The molecule has 1 saturated carbocycles. The van der Waals surface area contributed by atoms with Crippen LogP contribution in [-0.4, -0.2) is 41.3 Å². The molecule has 0 unspecified atom stereocenters. The van der Waals surface area contributed by atoms with Crippen LogP contribution in [0, 0.1) is 0 Å². The van der Waals surface area contributed by atoms with Gasteiger partial charge < -0.3 is 15.3 Å². The highest BCUT2D eigenvalue weighted by atomic mass is 79.9. The van der Waals surface area contributed by atoms with E-state index in [9.17, 15) is 0 Å². The molecule has 1 aromatic heterocycles. The van der Waals surface area contributed by atoms with Crippen molar-refractivity contribution in [1.82, 2.24) is 9.97 Å². The van der Waals surface area contributed by atoms with E-state index in [1.807, 2.05) is 7.05 Å². The van der Waals surface area contributed by atoms with E-state index in [-0.39, 0.29) is 6.61 Å². The van der Waals surface area contributed by atoms with Crippen LogP contribution in [0.5, 0.6) is 0 Å². The summed E-state index contributed by atoms with van der Waals surface area (Å²) in [5.74, 6) is 1.63. The lowest BCUT2D eigenvalue weighted by Gasteiger charge is -2.23. The number of aliphatic hydroxyl groups excluding tert-OH is 1. The summed E-state index contributed by atoms with van der Waals surface area (Å²) in [7, 11) is 1.82. The zero-order chi connectivity index (χ0) is 11.5. The number of hydrogen-bond donors (Lipinski definition) is 2. The van der Waals surface area contributed by atoms with Gasteiger partial charge in [0.15, 0.2) is 0 Å². The van der Waals surface area contributed by atoms with Crippen LogP contribution in [0.15, 0.2) is 10.8 Å². The van der Waals surface area contributed by atoms with Crippen LogP contribution in [0.3, 0.4) is 0 Å². The molecular weight excluding hydrogens is 272 g/mol. The summed E-state index contributed by atoms with van der Waals surface area (Å²) in [4.78, 5) is 10.5. The van der Waals surface area contributed by atoms with Gasteiger partial charge in [0.1, 0.15) is 22.4 Å². The number of nitrogens with one attached hydrogen (secondary N) is 1. The van der Waals surface area contributed by atoms with Crippen molar-refractivity contribution < 1.29 is 5.11 Å². The van der Waals surface area contributed by atoms with Gasteiger partial charge in [0, 0.05) is 19.6 Å². The molecule has 6 heteroatoms. The molecule has 1 aliphatic carbocycles. The van der Waals surface area contributed by atoms with Gasteiger partial charge in [-0.1, -0.05) is 0 Å². The average molecular weight is 287 g/mol. The van der Waals surface area contributed by atoms with Gasteiger partial charge in [-0.25, -0.2) is 9.97 Å². The normalized spacial score (nSPS) is 14.9. The fraction of sp³-hybridized carbons (Fsp3) is 0.600. The van der Waals surface area contributed by atoms with Crippen molar-refractivity contribution in [3.05, 3.63) is 10.8 Å². The molecule has 0 spiro atoms. The lowest BCUT2D eigenvalue weighted by atomic mass is 10.4. The largest absolute Gasteiger partial charge is 0.395 e. The first kappa shape index (κ1) is 11.6. The van der Waals surface area contributed by atoms with Gasteiger partial charge in [-0.15, -0.1) is 0 Å². The van der Waals surface area contributed by atoms with Gasteiger partial charge in [-0.2, -0.15) is 0 Å². The number of aliphatic hydroxyl groups is 1. The van der Waals surface area contributed by atoms with Crippen molar-refractivity contribution in [2.24, 2.45) is 0 Å². The molecule has 0 aliphatic heterocycles. The lowest BCUT2D eigenvalue weighted by Crippen LogP contribution is -2.30. The Hall–Kier alpha value is -0.880. The quantitative estimate of drug-likeness (QED) is 0.853. The van der Waals surface area contributed by atoms with E-state index in [0.29, 0.717) is 12.6 Å². The van der Waals surface area contributed by atoms with Gasteiger partial charge in [-0.05, 0) is 28.8 Å². The second-order valence-electron chi connectivity index (χ2n) is 3.76. The van der Waals surface area contributed by atoms with Crippen molar-refractivity contribution >= 4 is 27.6 Å². The molecule has 0 atom stereocenters. The Labute approximate surface area is 103 Å². The maximum Gasteiger partial charge on any atom is 0.148 e. The smallest absolute Gasteiger partial charge is 0.148 e. The molecule has 1 aliphatic rings. The highest BCUT2D eigenvalue weighted by Crippen LogP contribution is 2.36. The molecule has 1 heterocycles. The van der Waals surface area contributed by atoms with E-state index in [1.165, 1.54) is 12.8 Å². The molecule has 2 rings (SSSR count). The molecule has 5 nitrogen and oxygen atoms in total. The highest BCUT2D eigenvalue weighted by molar-refractivity contribution is 9.10. The summed E-state index contributed by atoms with van der Waals surface area (Å²) in [5.41, 5.74) is 0. The Balaban J connectivity index is 2.29. The Morgan fingerprint density at radius 1 is 1.56 bits per heavy atom. The molecule has 0 saturated heterocycles. The molecule has 16 heavy (non-hydrogen) atoms. The molecule has 0 aromatic carbocycles. The third-order valence-electron chi connectivity index (χ3n) is 2.61. The minimum absolute atomic E-state index is 0.141. The number of hydrogen-bond acceptors (Lipinski definition) is 5. The second-order valence-corrected chi connectivity index (χ2v) is 4.55. The van der Waals surface area contributed by atoms with E-state index < -0.39 is 0 Å². The van der Waals surface area contributed by atoms with Gasteiger partial charge >= 0.3 is 0 Å². The van der Waals surface area contributed by atoms with E-state index in [0.717, 1.165) is 16.1 Å². The SMILES string of the molecule is CNc1ncnc(N(CCO)C2CC2)c1Br. The molecular formula is C10H15BrN4O. The maximum atomic E-state index is 9.08. The maximum absolute atomic E-state index is 9.08. The van der Waals surface area contributed by atoms with E-state index in [4.69, 9.17) is 5.11 Å². The summed E-state index contributed by atoms with van der Waals surface area (Å²) >= 11 is 3.50. The zero-order valence-corrected chi connectivity index (χ0v) is 10.7. The molecule has 0 radical (unpaired) electrons. The van der Waals surface area contributed by atoms with Crippen LogP contribution < -0.4 is 10.2 Å². The Kier molecular flexibility index (Phi) is 3.60. The van der Waals surface area contributed by atoms with E-state index >= 15 is 0 Å². The van der Waals surface area contributed by atoms with Gasteiger partial charge in [0.05, 0.1) is 6.61 Å². The Bertz CT molecular complexity index is 370. The predicted molar refractivity (Wildman–Crippen MR) is 66.7 cm³/mol. The van der Waals surface area contributed by atoms with Crippen molar-refractivity contribution in [2.75, 3.05) is 30.4 Å². The minimum Gasteiger partial charge on any atom is -0.395 e. The number of nitrogens with zero attached hydrogens (tertiary/aromatic N) is 3. The topological polar surface area (TPSA) is 61.3 Å². The third-order valence-corrected chi connectivity index (χ3v) is 3.34. The monoisotopic (exact) mass is 286 g/mol. The van der Waals surface area contributed by atoms with Crippen LogP contribution >= 0.6 is 15.9 Å². The number of anilines is 2.